The van der Waals surface area contributed by atoms with E-state index in [9.17, 15) is 36.8 Å². The number of non-ortho nitro benzene ring substituents is 1. The second kappa shape index (κ2) is 21.0. The Bertz CT molecular complexity index is 3300. The first-order chi connectivity index (χ1) is 35.9. The maximum atomic E-state index is 15.1. The average Bonchev–Trinajstić information content (AvgIpc) is 3.42. The van der Waals surface area contributed by atoms with Gasteiger partial charge in [0.2, 0.25) is 25.2 Å². The van der Waals surface area contributed by atoms with E-state index in [0.29, 0.717) is 135 Å². The summed E-state index contributed by atoms with van der Waals surface area (Å²) in [5, 5.41) is 22.8. The van der Waals surface area contributed by atoms with E-state index in [1.54, 1.807) is 36.5 Å². The van der Waals surface area contributed by atoms with Gasteiger partial charge in [0.25, 0.3) is 5.69 Å². The number of methoxy groups -OCH3 is 2. The van der Waals surface area contributed by atoms with Crippen LogP contribution < -0.4 is 28.6 Å². The topological polar surface area (TPSA) is 189 Å². The van der Waals surface area contributed by atoms with Crippen molar-refractivity contribution in [3.8, 4) is 17.2 Å². The van der Waals surface area contributed by atoms with Gasteiger partial charge in [0, 0.05) is 107 Å². The summed E-state index contributed by atoms with van der Waals surface area (Å²) in [6.07, 6.45) is 2.83. The van der Waals surface area contributed by atoms with E-state index in [0.717, 1.165) is 13.1 Å². The Hall–Kier alpha value is -6.33. The zero-order valence-corrected chi connectivity index (χ0v) is 43.2. The van der Waals surface area contributed by atoms with Gasteiger partial charge >= 0.3 is 6.36 Å². The number of aromatic nitrogens is 2. The fraction of sp³-hybridized carbons (Fsp3) is 0.434. The fourth-order valence-corrected chi connectivity index (χ4v) is 14.5. The Balaban J connectivity index is 0.948. The Kier molecular flexibility index (Phi) is 14.6. The highest BCUT2D eigenvalue weighted by atomic mass is 32.2. The third-order valence-electron chi connectivity index (χ3n) is 15.5. The number of nitrogens with zero attached hydrogens (tertiary/aromatic N) is 7. The van der Waals surface area contributed by atoms with Crippen molar-refractivity contribution in [2.24, 2.45) is 0 Å². The highest BCUT2D eigenvalue weighted by Crippen LogP contribution is 2.43. The molecular weight excluding hydrogens is 1020 g/mol. The Labute approximate surface area is 433 Å². The minimum absolute atomic E-state index is 0.00417. The van der Waals surface area contributed by atoms with Gasteiger partial charge in [-0.05, 0) is 105 Å². The Morgan fingerprint density at radius 1 is 0.640 bits per heavy atom. The third-order valence-corrected chi connectivity index (χ3v) is 19.1. The van der Waals surface area contributed by atoms with Crippen molar-refractivity contribution in [1.29, 1.82) is 0 Å². The van der Waals surface area contributed by atoms with Crippen LogP contribution in [-0.4, -0.2) is 133 Å². The maximum Gasteiger partial charge on any atom is 0.573 e. The molecule has 17 nitrogen and oxygen atoms in total. The second-order valence-corrected chi connectivity index (χ2v) is 23.6. The number of aliphatic hydroxyl groups is 1. The van der Waals surface area contributed by atoms with Gasteiger partial charge in [0.15, 0.2) is 17.1 Å². The molecule has 22 heteroatoms. The largest absolute Gasteiger partial charge is 0.573 e. The molecule has 398 valence electrons. The Morgan fingerprint density at radius 2 is 1.13 bits per heavy atom. The quantitative estimate of drug-likeness (QED) is 0.0667. The van der Waals surface area contributed by atoms with Gasteiger partial charge in [-0.25, -0.2) is 16.8 Å². The van der Waals surface area contributed by atoms with E-state index < -0.39 is 36.7 Å². The second-order valence-electron chi connectivity index (χ2n) is 19.7. The van der Waals surface area contributed by atoms with Crippen LogP contribution in [0.5, 0.6) is 17.2 Å². The van der Waals surface area contributed by atoms with Crippen LogP contribution >= 0.6 is 0 Å². The number of likely N-dealkylation sites (tertiary alicyclic amines) is 2. The molecule has 0 bridgehead atoms. The molecular formula is C53H59F3N7O10S2+. The standard InChI is InChI=1S/C53H59F3N7O10S2/c1-71-40-4-9-43(10-5-40)74(67,68)49-33-57-47-13-3-38(63(65)66)31-45(47)51(49)60-25-15-35(16-26-60)58-23-19-37(20-24-58)62-34-50(75(69,70)44-11-6-41(72-2)7-12-44)52(46-32-42(8-14-48(46)62)73-53(54,55)56)61-27-17-36(18-28-61)59-29-21-39(64)22-30-59/h3-14,31-37,39,64H,15-30H2,1-2H3/q+1. The number of sulfone groups is 2. The number of piperidine rings is 4. The average molecular weight is 1080 g/mol. The number of alkyl halides is 3. The number of nitro benzene ring substituents is 1. The van der Waals surface area contributed by atoms with Crippen LogP contribution in [0.3, 0.4) is 0 Å². The molecule has 4 saturated heterocycles. The van der Waals surface area contributed by atoms with E-state index in [1.165, 1.54) is 75.0 Å². The first kappa shape index (κ1) is 52.1. The zero-order valence-electron chi connectivity index (χ0n) is 41.6. The molecule has 0 spiro atoms. The van der Waals surface area contributed by atoms with E-state index in [2.05, 4.69) is 19.5 Å². The van der Waals surface area contributed by atoms with Gasteiger partial charge in [-0.3, -0.25) is 20.0 Å². The number of halogens is 3. The number of hydrogen-bond acceptors (Lipinski definition) is 15. The molecule has 6 heterocycles. The summed E-state index contributed by atoms with van der Waals surface area (Å²) in [5.41, 5.74) is 1.45. The molecule has 4 aliphatic rings. The third kappa shape index (κ3) is 10.6. The van der Waals surface area contributed by atoms with Crippen molar-refractivity contribution in [3.63, 3.8) is 0 Å². The number of hydrogen-bond donors (Lipinski definition) is 1. The molecule has 0 radical (unpaired) electrons. The lowest BCUT2D eigenvalue weighted by Gasteiger charge is -2.42. The van der Waals surface area contributed by atoms with Gasteiger partial charge in [0.05, 0.1) is 57.3 Å². The summed E-state index contributed by atoms with van der Waals surface area (Å²) in [4.78, 5) is 24.6. The van der Waals surface area contributed by atoms with Crippen molar-refractivity contribution in [2.75, 3.05) is 76.4 Å². The predicted molar refractivity (Wildman–Crippen MR) is 273 cm³/mol. The molecule has 4 aliphatic heterocycles. The lowest BCUT2D eigenvalue weighted by molar-refractivity contribution is -0.703. The van der Waals surface area contributed by atoms with Gasteiger partial charge in [0.1, 0.15) is 22.1 Å². The molecule has 6 aromatic rings. The van der Waals surface area contributed by atoms with Crippen molar-refractivity contribution in [1.82, 2.24) is 14.8 Å². The maximum absolute atomic E-state index is 15.1. The molecule has 0 amide bonds. The lowest BCUT2D eigenvalue weighted by Crippen LogP contribution is -2.52. The van der Waals surface area contributed by atoms with Crippen molar-refractivity contribution in [2.45, 2.75) is 102 Å². The molecule has 1 N–H and O–H groups in total. The molecule has 2 aromatic heterocycles. The van der Waals surface area contributed by atoms with Crippen LogP contribution in [-0.2, 0) is 19.7 Å². The summed E-state index contributed by atoms with van der Waals surface area (Å²) < 4.78 is 118. The van der Waals surface area contributed by atoms with Crippen molar-refractivity contribution >= 4 is 58.5 Å². The summed E-state index contributed by atoms with van der Waals surface area (Å²) >= 11 is 0. The van der Waals surface area contributed by atoms with Crippen molar-refractivity contribution < 1.29 is 58.8 Å². The van der Waals surface area contributed by atoms with Crippen LogP contribution in [0.4, 0.5) is 30.2 Å². The summed E-state index contributed by atoms with van der Waals surface area (Å²) in [5.74, 6) is 0.473. The van der Waals surface area contributed by atoms with Gasteiger partial charge in [-0.1, -0.05) is 0 Å². The molecule has 75 heavy (non-hydrogen) atoms. The minimum Gasteiger partial charge on any atom is -0.497 e. The number of nitro groups is 1. The van der Waals surface area contributed by atoms with E-state index in [-0.39, 0.29) is 49.5 Å². The van der Waals surface area contributed by atoms with Crippen LogP contribution in [0.25, 0.3) is 21.8 Å². The molecule has 10 rings (SSSR count). The van der Waals surface area contributed by atoms with Gasteiger partial charge in [-0.15, -0.1) is 13.2 Å². The summed E-state index contributed by atoms with van der Waals surface area (Å²) in [7, 11) is -5.51. The first-order valence-electron chi connectivity index (χ1n) is 25.2. The van der Waals surface area contributed by atoms with Gasteiger partial charge in [-0.2, -0.15) is 4.57 Å². The molecule has 0 unspecified atom stereocenters. The molecule has 0 aliphatic carbocycles. The number of aliphatic hydroxyl groups excluding tert-OH is 1. The number of benzene rings is 4. The lowest BCUT2D eigenvalue weighted by atomic mass is 9.96. The molecule has 4 fully saturated rings. The molecule has 0 atom stereocenters. The SMILES string of the molecule is COc1ccc(S(=O)(=O)c2cnc3ccc([N+](=O)[O-])cc3c2N2CCC(N3CCC([n+]4cc(S(=O)(=O)c5ccc(OC)cc5)c(N5CCC(N6CCC(O)CC6)CC5)c5cc(OC(F)(F)F)ccc54)CC3)CC2)cc1. The van der Waals surface area contributed by atoms with E-state index in [1.807, 2.05) is 14.4 Å². The predicted octanol–water partition coefficient (Wildman–Crippen LogP) is 7.90. The van der Waals surface area contributed by atoms with Crippen LogP contribution in [0, 0.1) is 10.1 Å². The number of anilines is 2. The normalized spacial score (nSPS) is 18.7. The highest BCUT2D eigenvalue weighted by molar-refractivity contribution is 7.92. The van der Waals surface area contributed by atoms with E-state index in [4.69, 9.17) is 9.47 Å². The number of ether oxygens (including phenoxy) is 3. The van der Waals surface area contributed by atoms with E-state index >= 15 is 8.42 Å². The zero-order chi connectivity index (χ0) is 52.8. The smallest absolute Gasteiger partial charge is 0.497 e. The monoisotopic (exact) mass is 1070 g/mol. The number of rotatable bonds is 13. The first-order valence-corrected chi connectivity index (χ1v) is 28.2. The summed E-state index contributed by atoms with van der Waals surface area (Å²) in [6.45, 7) is 4.51. The van der Waals surface area contributed by atoms with Crippen LogP contribution in [0.1, 0.15) is 57.4 Å². The number of fused-ring (bicyclic) bond motifs is 2. The molecule has 4 aromatic carbocycles. The van der Waals surface area contributed by atoms with Crippen LogP contribution in [0.15, 0.2) is 117 Å². The fourth-order valence-electron chi connectivity index (χ4n) is 11.6. The number of pyridine rings is 2. The molecule has 0 saturated carbocycles. The van der Waals surface area contributed by atoms with Crippen LogP contribution in [0.2, 0.25) is 0 Å². The van der Waals surface area contributed by atoms with Gasteiger partial charge < -0.3 is 34.0 Å². The Morgan fingerprint density at radius 3 is 1.64 bits per heavy atom. The minimum atomic E-state index is -5.00. The summed E-state index contributed by atoms with van der Waals surface area (Å²) in [6, 6.07) is 20.5. The highest BCUT2D eigenvalue weighted by Gasteiger charge is 2.40. The van der Waals surface area contributed by atoms with Crippen molar-refractivity contribution in [3.05, 3.63) is 107 Å².